The Balaban J connectivity index is 2.33. The van der Waals surface area contributed by atoms with E-state index in [1.807, 2.05) is 12.1 Å². The Bertz CT molecular complexity index is 543. The van der Waals surface area contributed by atoms with Crippen LogP contribution in [0, 0.1) is 13.8 Å². The molecular weight excluding hydrogens is 226 g/mol. The van der Waals surface area contributed by atoms with Crippen LogP contribution in [0.15, 0.2) is 28.7 Å². The lowest BCUT2D eigenvalue weighted by Gasteiger charge is -2.12. The van der Waals surface area contributed by atoms with E-state index in [0.29, 0.717) is 6.54 Å². The van der Waals surface area contributed by atoms with Crippen LogP contribution in [0.5, 0.6) is 5.75 Å². The molecule has 2 rings (SSSR count). The summed E-state index contributed by atoms with van der Waals surface area (Å²) in [6.07, 6.45) is 0.731. The van der Waals surface area contributed by atoms with E-state index < -0.39 is 0 Å². The van der Waals surface area contributed by atoms with Crippen LogP contribution in [0.25, 0.3) is 0 Å². The van der Waals surface area contributed by atoms with Gasteiger partial charge in [-0.1, -0.05) is 6.07 Å². The third kappa shape index (κ3) is 2.57. The zero-order chi connectivity index (χ0) is 13.1. The molecule has 3 heteroatoms. The summed E-state index contributed by atoms with van der Waals surface area (Å²) in [5, 5.41) is 0. The molecule has 0 unspecified atom stereocenters. The van der Waals surface area contributed by atoms with Crippen molar-refractivity contribution in [1.29, 1.82) is 0 Å². The van der Waals surface area contributed by atoms with Gasteiger partial charge in [0.1, 0.15) is 17.3 Å². The van der Waals surface area contributed by atoms with Gasteiger partial charge < -0.3 is 14.9 Å². The van der Waals surface area contributed by atoms with Gasteiger partial charge in [-0.3, -0.25) is 0 Å². The first-order valence-electron chi connectivity index (χ1n) is 6.05. The van der Waals surface area contributed by atoms with Crippen molar-refractivity contribution >= 4 is 0 Å². The molecule has 1 heterocycles. The topological polar surface area (TPSA) is 48.4 Å². The van der Waals surface area contributed by atoms with E-state index >= 15 is 0 Å². The molecule has 0 amide bonds. The fourth-order valence-electron chi connectivity index (χ4n) is 2.17. The molecule has 0 saturated heterocycles. The number of benzene rings is 1. The first-order chi connectivity index (χ1) is 8.63. The van der Waals surface area contributed by atoms with Crippen molar-refractivity contribution in [2.24, 2.45) is 5.73 Å². The molecule has 3 nitrogen and oxygen atoms in total. The van der Waals surface area contributed by atoms with E-state index in [9.17, 15) is 0 Å². The predicted molar refractivity (Wildman–Crippen MR) is 71.9 cm³/mol. The molecule has 0 radical (unpaired) electrons. The van der Waals surface area contributed by atoms with Gasteiger partial charge in [0.25, 0.3) is 0 Å². The third-order valence-corrected chi connectivity index (χ3v) is 3.07. The molecule has 0 atom stereocenters. The fraction of sp³-hybridized carbons (Fsp3) is 0.333. The average molecular weight is 245 g/mol. The summed E-state index contributed by atoms with van der Waals surface area (Å²) >= 11 is 0. The summed E-state index contributed by atoms with van der Waals surface area (Å²) in [6.45, 7) is 4.60. The highest BCUT2D eigenvalue weighted by atomic mass is 16.5. The van der Waals surface area contributed by atoms with Crippen LogP contribution >= 0.6 is 0 Å². The molecule has 96 valence electrons. The maximum Gasteiger partial charge on any atom is 0.123 e. The van der Waals surface area contributed by atoms with Crippen molar-refractivity contribution in [3.05, 3.63) is 52.5 Å². The number of aryl methyl sites for hydroxylation is 2. The second-order valence-corrected chi connectivity index (χ2v) is 4.51. The summed E-state index contributed by atoms with van der Waals surface area (Å²) in [7, 11) is 1.70. The second kappa shape index (κ2) is 5.27. The Morgan fingerprint density at radius 1 is 1.17 bits per heavy atom. The molecular formula is C15H19NO2. The standard InChI is InChI=1S/C15H19NO2/c1-10-6-11(2)14(15(7-10)17-3)8-12-4-5-13(9-16)18-12/h4-7H,8-9,16H2,1-3H3. The lowest BCUT2D eigenvalue weighted by atomic mass is 10.0. The number of hydrogen-bond acceptors (Lipinski definition) is 3. The quantitative estimate of drug-likeness (QED) is 0.901. The van der Waals surface area contributed by atoms with Gasteiger partial charge in [-0.15, -0.1) is 0 Å². The van der Waals surface area contributed by atoms with E-state index in [1.54, 1.807) is 7.11 Å². The average Bonchev–Trinajstić information content (AvgIpc) is 2.80. The van der Waals surface area contributed by atoms with Crippen LogP contribution in [-0.4, -0.2) is 7.11 Å². The summed E-state index contributed by atoms with van der Waals surface area (Å²) < 4.78 is 11.1. The number of furan rings is 1. The van der Waals surface area contributed by atoms with Crippen molar-refractivity contribution in [3.8, 4) is 5.75 Å². The van der Waals surface area contributed by atoms with Crippen molar-refractivity contribution in [2.75, 3.05) is 7.11 Å². The number of methoxy groups -OCH3 is 1. The van der Waals surface area contributed by atoms with Crippen LogP contribution in [0.3, 0.4) is 0 Å². The lowest BCUT2D eigenvalue weighted by molar-refractivity contribution is 0.406. The number of nitrogens with two attached hydrogens (primary N) is 1. The van der Waals surface area contributed by atoms with E-state index in [0.717, 1.165) is 23.7 Å². The zero-order valence-electron chi connectivity index (χ0n) is 11.1. The van der Waals surface area contributed by atoms with Crippen molar-refractivity contribution in [3.63, 3.8) is 0 Å². The first kappa shape index (κ1) is 12.7. The van der Waals surface area contributed by atoms with Gasteiger partial charge in [-0.25, -0.2) is 0 Å². The molecule has 1 aromatic carbocycles. The third-order valence-electron chi connectivity index (χ3n) is 3.07. The van der Waals surface area contributed by atoms with Gasteiger partial charge in [0.05, 0.1) is 13.7 Å². The second-order valence-electron chi connectivity index (χ2n) is 4.51. The van der Waals surface area contributed by atoms with Crippen LogP contribution in [0.4, 0.5) is 0 Å². The Morgan fingerprint density at radius 3 is 2.50 bits per heavy atom. The molecule has 2 aromatic rings. The highest BCUT2D eigenvalue weighted by Crippen LogP contribution is 2.27. The van der Waals surface area contributed by atoms with Crippen LogP contribution in [0.2, 0.25) is 0 Å². The maximum absolute atomic E-state index is 5.64. The summed E-state index contributed by atoms with van der Waals surface area (Å²) in [5.41, 5.74) is 9.14. The largest absolute Gasteiger partial charge is 0.496 e. The lowest BCUT2D eigenvalue weighted by Crippen LogP contribution is -1.97. The minimum absolute atomic E-state index is 0.435. The normalized spacial score (nSPS) is 10.7. The van der Waals surface area contributed by atoms with Crippen molar-refractivity contribution < 1.29 is 9.15 Å². The number of rotatable bonds is 4. The Hall–Kier alpha value is -1.74. The number of hydrogen-bond donors (Lipinski definition) is 1. The Kier molecular flexibility index (Phi) is 3.72. The van der Waals surface area contributed by atoms with Gasteiger partial charge in [-0.05, 0) is 43.2 Å². The number of ether oxygens (including phenoxy) is 1. The van der Waals surface area contributed by atoms with E-state index in [2.05, 4.69) is 26.0 Å². The zero-order valence-corrected chi connectivity index (χ0v) is 11.1. The molecule has 0 aliphatic rings. The highest BCUT2D eigenvalue weighted by Gasteiger charge is 2.11. The highest BCUT2D eigenvalue weighted by molar-refractivity contribution is 5.44. The first-order valence-corrected chi connectivity index (χ1v) is 6.05. The molecule has 0 bridgehead atoms. The monoisotopic (exact) mass is 245 g/mol. The van der Waals surface area contributed by atoms with Gasteiger partial charge in [0, 0.05) is 12.0 Å². The molecule has 0 saturated carbocycles. The van der Waals surface area contributed by atoms with Crippen molar-refractivity contribution in [2.45, 2.75) is 26.8 Å². The van der Waals surface area contributed by atoms with Gasteiger partial charge in [-0.2, -0.15) is 0 Å². The maximum atomic E-state index is 5.64. The van der Waals surface area contributed by atoms with E-state index in [4.69, 9.17) is 14.9 Å². The van der Waals surface area contributed by atoms with Crippen LogP contribution in [-0.2, 0) is 13.0 Å². The molecule has 0 fully saturated rings. The van der Waals surface area contributed by atoms with Gasteiger partial charge >= 0.3 is 0 Å². The van der Waals surface area contributed by atoms with Gasteiger partial charge in [0.2, 0.25) is 0 Å². The predicted octanol–water partition coefficient (Wildman–Crippen LogP) is 2.95. The summed E-state index contributed by atoms with van der Waals surface area (Å²) in [4.78, 5) is 0. The molecule has 1 aromatic heterocycles. The van der Waals surface area contributed by atoms with E-state index in [-0.39, 0.29) is 0 Å². The SMILES string of the molecule is COc1cc(C)cc(C)c1Cc1ccc(CN)o1. The Labute approximate surface area is 108 Å². The van der Waals surface area contributed by atoms with Crippen molar-refractivity contribution in [1.82, 2.24) is 0 Å². The molecule has 0 spiro atoms. The fourth-order valence-corrected chi connectivity index (χ4v) is 2.17. The molecule has 2 N–H and O–H groups in total. The Morgan fingerprint density at radius 2 is 1.89 bits per heavy atom. The minimum Gasteiger partial charge on any atom is -0.496 e. The molecule has 18 heavy (non-hydrogen) atoms. The molecule has 0 aliphatic heterocycles. The minimum atomic E-state index is 0.435. The smallest absolute Gasteiger partial charge is 0.123 e. The summed E-state index contributed by atoms with van der Waals surface area (Å²) in [5.74, 6) is 2.65. The molecule has 0 aliphatic carbocycles. The summed E-state index contributed by atoms with van der Waals surface area (Å²) in [6, 6.07) is 8.10. The van der Waals surface area contributed by atoms with Crippen LogP contribution in [0.1, 0.15) is 28.2 Å². The van der Waals surface area contributed by atoms with E-state index in [1.165, 1.54) is 16.7 Å². The van der Waals surface area contributed by atoms with Gasteiger partial charge in [0.15, 0.2) is 0 Å². The van der Waals surface area contributed by atoms with Crippen LogP contribution < -0.4 is 10.5 Å².